The Morgan fingerprint density at radius 2 is 2.17 bits per heavy atom. The first-order valence-corrected chi connectivity index (χ1v) is 3.62. The van der Waals surface area contributed by atoms with Crippen LogP contribution in [0.4, 0.5) is 4.39 Å². The molecule has 2 rings (SSSR count). The molecule has 0 spiro atoms. The summed E-state index contributed by atoms with van der Waals surface area (Å²) in [6.07, 6.45) is 1.75. The summed E-state index contributed by atoms with van der Waals surface area (Å²) in [7, 11) is 1.55. The van der Waals surface area contributed by atoms with E-state index in [0.29, 0.717) is 0 Å². The highest BCUT2D eigenvalue weighted by Gasteiger charge is 2.00. The van der Waals surface area contributed by atoms with Crippen molar-refractivity contribution in [3.05, 3.63) is 36.3 Å². The van der Waals surface area contributed by atoms with Crippen molar-refractivity contribution >= 4 is 10.9 Å². The van der Waals surface area contributed by atoms with Gasteiger partial charge in [-0.15, -0.1) is 0 Å². The lowest BCUT2D eigenvalue weighted by molar-refractivity contribution is 0.179. The van der Waals surface area contributed by atoms with Crippen LogP contribution in [0.1, 0.15) is 0 Å². The first-order valence-electron chi connectivity index (χ1n) is 3.62. The second kappa shape index (κ2) is 2.52. The Bertz CT molecular complexity index is 408. The normalized spacial score (nSPS) is 10.5. The van der Waals surface area contributed by atoms with Gasteiger partial charge in [0.05, 0.1) is 5.52 Å². The van der Waals surface area contributed by atoms with Crippen molar-refractivity contribution in [2.45, 2.75) is 0 Å². The van der Waals surface area contributed by atoms with Crippen molar-refractivity contribution in [2.75, 3.05) is 7.11 Å². The molecule has 2 nitrogen and oxygen atoms in total. The Kier molecular flexibility index (Phi) is 1.50. The third-order valence-corrected chi connectivity index (χ3v) is 1.82. The molecule has 2 aromatic rings. The van der Waals surface area contributed by atoms with Gasteiger partial charge in [-0.25, -0.2) is 4.39 Å². The fraction of sp³-hybridized carbons (Fsp3) is 0.111. The Labute approximate surface area is 69.1 Å². The fourth-order valence-corrected chi connectivity index (χ4v) is 1.24. The summed E-state index contributed by atoms with van der Waals surface area (Å²) in [4.78, 5) is 4.97. The number of halogens is 1. The summed E-state index contributed by atoms with van der Waals surface area (Å²) in [5, 5.41) is 0.971. The Hall–Kier alpha value is -1.51. The Morgan fingerprint density at radius 1 is 1.33 bits per heavy atom. The minimum Gasteiger partial charge on any atom is -0.417 e. The number of nitrogens with zero attached hydrogens (tertiary/aromatic N) is 1. The maximum absolute atomic E-state index is 12.8. The lowest BCUT2D eigenvalue weighted by Gasteiger charge is -2.00. The molecule has 0 amide bonds. The van der Waals surface area contributed by atoms with Crippen molar-refractivity contribution in [3.8, 4) is 0 Å². The molecule has 0 aliphatic rings. The Balaban J connectivity index is 2.75. The summed E-state index contributed by atoms with van der Waals surface area (Å²) in [6.45, 7) is 0. The average molecular weight is 165 g/mol. The SMILES string of the molecule is COn1ccc2ccc(F)cc21. The van der Waals surface area contributed by atoms with E-state index in [9.17, 15) is 4.39 Å². The second-order valence-electron chi connectivity index (χ2n) is 2.53. The highest BCUT2D eigenvalue weighted by Crippen LogP contribution is 2.15. The van der Waals surface area contributed by atoms with Crippen LogP contribution in [0.25, 0.3) is 10.9 Å². The van der Waals surface area contributed by atoms with Gasteiger partial charge in [-0.05, 0) is 18.2 Å². The van der Waals surface area contributed by atoms with E-state index in [1.165, 1.54) is 16.9 Å². The first kappa shape index (κ1) is 7.16. The third-order valence-electron chi connectivity index (χ3n) is 1.82. The summed E-state index contributed by atoms with van der Waals surface area (Å²) in [5.74, 6) is -0.250. The monoisotopic (exact) mass is 165 g/mol. The van der Waals surface area contributed by atoms with E-state index in [1.54, 1.807) is 19.4 Å². The smallest absolute Gasteiger partial charge is 0.125 e. The number of hydrogen-bond donors (Lipinski definition) is 0. The highest BCUT2D eigenvalue weighted by atomic mass is 19.1. The second-order valence-corrected chi connectivity index (χ2v) is 2.53. The minimum absolute atomic E-state index is 0.250. The zero-order valence-electron chi connectivity index (χ0n) is 6.62. The van der Waals surface area contributed by atoms with Gasteiger partial charge in [0.2, 0.25) is 0 Å². The van der Waals surface area contributed by atoms with Crippen molar-refractivity contribution in [3.63, 3.8) is 0 Å². The van der Waals surface area contributed by atoms with Gasteiger partial charge in [-0.2, -0.15) is 4.73 Å². The largest absolute Gasteiger partial charge is 0.417 e. The van der Waals surface area contributed by atoms with E-state index >= 15 is 0 Å². The maximum atomic E-state index is 12.8. The number of fused-ring (bicyclic) bond motifs is 1. The first-order chi connectivity index (χ1) is 5.81. The number of benzene rings is 1. The van der Waals surface area contributed by atoms with Crippen LogP contribution in [0.3, 0.4) is 0 Å². The van der Waals surface area contributed by atoms with Crippen LogP contribution in [0.2, 0.25) is 0 Å². The van der Waals surface area contributed by atoms with Gasteiger partial charge in [0.25, 0.3) is 0 Å². The molecular weight excluding hydrogens is 157 g/mol. The van der Waals surface area contributed by atoms with Gasteiger partial charge >= 0.3 is 0 Å². The summed E-state index contributed by atoms with van der Waals surface area (Å²) in [6, 6.07) is 6.47. The molecule has 0 aliphatic heterocycles. The summed E-state index contributed by atoms with van der Waals surface area (Å²) in [5.41, 5.74) is 0.748. The van der Waals surface area contributed by atoms with Crippen LogP contribution in [-0.4, -0.2) is 11.8 Å². The van der Waals surface area contributed by atoms with Crippen LogP contribution in [0.15, 0.2) is 30.5 Å². The topological polar surface area (TPSA) is 14.2 Å². The van der Waals surface area contributed by atoms with Crippen LogP contribution in [0, 0.1) is 5.82 Å². The molecular formula is C9H8FNO. The summed E-state index contributed by atoms with van der Waals surface area (Å²) < 4.78 is 14.3. The Morgan fingerprint density at radius 3 is 2.92 bits per heavy atom. The zero-order valence-corrected chi connectivity index (χ0v) is 6.62. The number of rotatable bonds is 1. The van der Waals surface area contributed by atoms with Gasteiger partial charge in [-0.3, -0.25) is 0 Å². The molecule has 0 saturated carbocycles. The molecule has 62 valence electrons. The van der Waals surface area contributed by atoms with Gasteiger partial charge < -0.3 is 4.84 Å². The van der Waals surface area contributed by atoms with E-state index in [2.05, 4.69) is 0 Å². The molecule has 3 heteroatoms. The van der Waals surface area contributed by atoms with Crippen molar-refractivity contribution in [1.82, 2.24) is 4.73 Å². The standard InChI is InChI=1S/C9H8FNO/c1-12-11-5-4-7-2-3-8(10)6-9(7)11/h2-6H,1H3. The van der Waals surface area contributed by atoms with Gasteiger partial charge in [0, 0.05) is 17.6 Å². The van der Waals surface area contributed by atoms with Gasteiger partial charge in [0.15, 0.2) is 0 Å². The molecule has 0 atom stereocenters. The quantitative estimate of drug-likeness (QED) is 0.628. The molecule has 0 fully saturated rings. The van der Waals surface area contributed by atoms with Gasteiger partial charge in [0.1, 0.15) is 12.9 Å². The van der Waals surface area contributed by atoms with Crippen LogP contribution < -0.4 is 4.84 Å². The van der Waals surface area contributed by atoms with Crippen molar-refractivity contribution < 1.29 is 9.23 Å². The lowest BCUT2D eigenvalue weighted by Crippen LogP contribution is -2.02. The van der Waals surface area contributed by atoms with Crippen LogP contribution in [0.5, 0.6) is 0 Å². The zero-order chi connectivity index (χ0) is 8.55. The molecule has 0 bridgehead atoms. The molecule has 1 aromatic carbocycles. The van der Waals surface area contributed by atoms with Crippen molar-refractivity contribution in [2.24, 2.45) is 0 Å². The van der Waals surface area contributed by atoms with Gasteiger partial charge in [-0.1, -0.05) is 0 Å². The molecule has 1 heterocycles. The molecule has 0 aliphatic carbocycles. The lowest BCUT2D eigenvalue weighted by atomic mass is 10.2. The van der Waals surface area contributed by atoms with Crippen LogP contribution >= 0.6 is 0 Å². The third kappa shape index (κ3) is 0.942. The molecule has 0 saturated heterocycles. The van der Waals surface area contributed by atoms with E-state index < -0.39 is 0 Å². The van der Waals surface area contributed by atoms with Crippen LogP contribution in [-0.2, 0) is 0 Å². The molecule has 0 radical (unpaired) electrons. The van der Waals surface area contributed by atoms with E-state index in [1.807, 2.05) is 6.07 Å². The predicted octanol–water partition coefficient (Wildman–Crippen LogP) is 1.84. The minimum atomic E-state index is -0.250. The molecule has 1 aromatic heterocycles. The number of aromatic nitrogens is 1. The average Bonchev–Trinajstić information content (AvgIpc) is 2.46. The highest BCUT2D eigenvalue weighted by molar-refractivity contribution is 5.79. The van der Waals surface area contributed by atoms with E-state index in [-0.39, 0.29) is 5.82 Å². The predicted molar refractivity (Wildman–Crippen MR) is 44.4 cm³/mol. The maximum Gasteiger partial charge on any atom is 0.125 e. The van der Waals surface area contributed by atoms with E-state index in [4.69, 9.17) is 4.84 Å². The van der Waals surface area contributed by atoms with Crippen molar-refractivity contribution in [1.29, 1.82) is 0 Å². The molecule has 12 heavy (non-hydrogen) atoms. The molecule has 0 N–H and O–H groups in total. The molecule has 0 unspecified atom stereocenters. The number of hydrogen-bond acceptors (Lipinski definition) is 1. The summed E-state index contributed by atoms with van der Waals surface area (Å²) >= 11 is 0. The fourth-order valence-electron chi connectivity index (χ4n) is 1.24. The van der Waals surface area contributed by atoms with E-state index in [0.717, 1.165) is 10.9 Å².